The van der Waals surface area contributed by atoms with Crippen molar-refractivity contribution >= 4 is 0 Å². The molecule has 1 N–H and O–H groups in total. The Kier molecular flexibility index (Phi) is 6.45. The van der Waals surface area contributed by atoms with Gasteiger partial charge in [0, 0.05) is 11.5 Å². The van der Waals surface area contributed by atoms with E-state index in [0.29, 0.717) is 6.42 Å². The molecule has 0 aromatic heterocycles. The summed E-state index contributed by atoms with van der Waals surface area (Å²) in [5.41, 5.74) is 3.59. The van der Waals surface area contributed by atoms with Crippen LogP contribution in [0.4, 0.5) is 0 Å². The van der Waals surface area contributed by atoms with E-state index in [4.69, 9.17) is 4.74 Å². The number of benzene rings is 3. The molecule has 0 aliphatic rings. The first-order chi connectivity index (χ1) is 12.8. The van der Waals surface area contributed by atoms with Gasteiger partial charge in [-0.1, -0.05) is 78.9 Å². The van der Waals surface area contributed by atoms with Crippen molar-refractivity contribution in [2.75, 3.05) is 7.11 Å². The van der Waals surface area contributed by atoms with Gasteiger partial charge in [0.2, 0.25) is 0 Å². The van der Waals surface area contributed by atoms with Crippen LogP contribution >= 0.6 is 0 Å². The van der Waals surface area contributed by atoms with Crippen LogP contribution in [0.2, 0.25) is 0 Å². The van der Waals surface area contributed by atoms with Gasteiger partial charge in [-0.15, -0.1) is 0 Å². The maximum Gasteiger partial charge on any atom is 0.122 e. The summed E-state index contributed by atoms with van der Waals surface area (Å²) in [6.07, 6.45) is 1.94. The number of aryl methyl sites for hydroxylation is 1. The molecule has 0 spiro atoms. The van der Waals surface area contributed by atoms with Crippen LogP contribution in [-0.2, 0) is 6.42 Å². The topological polar surface area (TPSA) is 29.5 Å². The van der Waals surface area contributed by atoms with E-state index in [0.717, 1.165) is 24.2 Å². The van der Waals surface area contributed by atoms with E-state index in [-0.39, 0.29) is 12.0 Å². The Morgan fingerprint density at radius 2 is 1.42 bits per heavy atom. The predicted octanol–water partition coefficient (Wildman–Crippen LogP) is 5.21. The van der Waals surface area contributed by atoms with Crippen molar-refractivity contribution < 1.29 is 9.84 Å². The van der Waals surface area contributed by atoms with Gasteiger partial charge >= 0.3 is 0 Å². The maximum atomic E-state index is 10.7. The van der Waals surface area contributed by atoms with Crippen LogP contribution in [0.5, 0.6) is 5.75 Å². The molecule has 0 aliphatic heterocycles. The van der Waals surface area contributed by atoms with Crippen LogP contribution in [0.15, 0.2) is 84.9 Å². The minimum Gasteiger partial charge on any atom is -0.496 e. The fourth-order valence-corrected chi connectivity index (χ4v) is 3.45. The molecule has 2 atom stereocenters. The molecule has 3 rings (SSSR count). The summed E-state index contributed by atoms with van der Waals surface area (Å²) in [4.78, 5) is 0. The molecule has 0 aliphatic carbocycles. The van der Waals surface area contributed by atoms with Crippen LogP contribution in [-0.4, -0.2) is 18.3 Å². The fraction of sp³-hybridized carbons (Fsp3) is 0.250. The number of aliphatic hydroxyl groups is 1. The first kappa shape index (κ1) is 18.2. The zero-order chi connectivity index (χ0) is 18.2. The van der Waals surface area contributed by atoms with E-state index >= 15 is 0 Å². The van der Waals surface area contributed by atoms with Gasteiger partial charge in [0.15, 0.2) is 0 Å². The molecule has 0 saturated heterocycles. The molecule has 0 saturated carbocycles. The summed E-state index contributed by atoms with van der Waals surface area (Å²) in [7, 11) is 1.70. The van der Waals surface area contributed by atoms with Crippen LogP contribution in [0.1, 0.15) is 35.4 Å². The number of methoxy groups -OCH3 is 1. The summed E-state index contributed by atoms with van der Waals surface area (Å²) in [5.74, 6) is 0.981. The summed E-state index contributed by atoms with van der Waals surface area (Å²) < 4.78 is 5.58. The van der Waals surface area contributed by atoms with Gasteiger partial charge in [0.05, 0.1) is 13.2 Å². The highest BCUT2D eigenvalue weighted by Crippen LogP contribution is 2.35. The van der Waals surface area contributed by atoms with Gasteiger partial charge in [0.25, 0.3) is 0 Å². The molecule has 0 bridgehead atoms. The van der Waals surface area contributed by atoms with Gasteiger partial charge in [-0.25, -0.2) is 0 Å². The van der Waals surface area contributed by atoms with Crippen molar-refractivity contribution in [2.24, 2.45) is 0 Å². The van der Waals surface area contributed by atoms with Crippen molar-refractivity contribution in [3.8, 4) is 5.75 Å². The lowest BCUT2D eigenvalue weighted by molar-refractivity contribution is 0.149. The summed E-state index contributed by atoms with van der Waals surface area (Å²) in [6.45, 7) is 0. The largest absolute Gasteiger partial charge is 0.496 e. The quantitative estimate of drug-likeness (QED) is 0.606. The lowest BCUT2D eigenvalue weighted by Crippen LogP contribution is -2.15. The first-order valence-corrected chi connectivity index (χ1v) is 9.17. The molecule has 0 amide bonds. The predicted molar refractivity (Wildman–Crippen MR) is 107 cm³/mol. The van der Waals surface area contributed by atoms with Crippen molar-refractivity contribution in [1.82, 2.24) is 0 Å². The Morgan fingerprint density at radius 1 is 0.808 bits per heavy atom. The fourth-order valence-electron chi connectivity index (χ4n) is 3.45. The average Bonchev–Trinajstić information content (AvgIpc) is 2.72. The van der Waals surface area contributed by atoms with E-state index in [1.54, 1.807) is 7.11 Å². The van der Waals surface area contributed by atoms with Gasteiger partial charge in [0.1, 0.15) is 5.75 Å². The summed E-state index contributed by atoms with van der Waals surface area (Å²) >= 11 is 0. The van der Waals surface area contributed by atoms with Gasteiger partial charge in [-0.05, 0) is 36.5 Å². The maximum absolute atomic E-state index is 10.7. The van der Waals surface area contributed by atoms with Gasteiger partial charge < -0.3 is 9.84 Å². The zero-order valence-electron chi connectivity index (χ0n) is 15.2. The monoisotopic (exact) mass is 346 g/mol. The third kappa shape index (κ3) is 4.74. The third-order valence-electron chi connectivity index (χ3n) is 4.83. The lowest BCUT2D eigenvalue weighted by atomic mass is 9.85. The van der Waals surface area contributed by atoms with Crippen LogP contribution in [0.3, 0.4) is 0 Å². The molecule has 2 nitrogen and oxygen atoms in total. The molecule has 26 heavy (non-hydrogen) atoms. The van der Waals surface area contributed by atoms with E-state index in [1.165, 1.54) is 11.1 Å². The van der Waals surface area contributed by atoms with Crippen molar-refractivity contribution in [1.29, 1.82) is 0 Å². The Morgan fingerprint density at radius 3 is 2.12 bits per heavy atom. The molecule has 0 heterocycles. The Hall–Kier alpha value is -2.58. The number of rotatable bonds is 8. The molecule has 0 radical (unpaired) electrons. The van der Waals surface area contributed by atoms with Gasteiger partial charge in [-0.3, -0.25) is 0 Å². The minimum atomic E-state index is -0.370. The summed E-state index contributed by atoms with van der Waals surface area (Å²) in [6, 6.07) is 28.8. The highest BCUT2D eigenvalue weighted by Gasteiger charge is 2.21. The normalized spacial score (nSPS) is 13.2. The van der Waals surface area contributed by atoms with Crippen LogP contribution in [0, 0.1) is 0 Å². The first-order valence-electron chi connectivity index (χ1n) is 9.17. The van der Waals surface area contributed by atoms with E-state index in [2.05, 4.69) is 30.3 Å². The second-order valence-corrected chi connectivity index (χ2v) is 6.62. The van der Waals surface area contributed by atoms with E-state index < -0.39 is 0 Å². The highest BCUT2D eigenvalue weighted by atomic mass is 16.5. The number of hydrogen-bond acceptors (Lipinski definition) is 2. The van der Waals surface area contributed by atoms with E-state index in [1.807, 2.05) is 54.6 Å². The second kappa shape index (κ2) is 9.21. The number of ether oxygens (including phenoxy) is 1. The molecule has 0 unspecified atom stereocenters. The van der Waals surface area contributed by atoms with Crippen LogP contribution in [0.25, 0.3) is 0 Å². The average molecular weight is 346 g/mol. The third-order valence-corrected chi connectivity index (χ3v) is 4.83. The molecular weight excluding hydrogens is 320 g/mol. The molecular formula is C24H26O2. The zero-order valence-corrected chi connectivity index (χ0v) is 15.2. The van der Waals surface area contributed by atoms with Crippen LogP contribution < -0.4 is 4.74 Å². The molecule has 3 aromatic rings. The Bertz CT molecular complexity index is 784. The van der Waals surface area contributed by atoms with Gasteiger partial charge in [-0.2, -0.15) is 0 Å². The standard InChI is InChI=1S/C24H26O2/c1-26-24-15-9-8-14-22(24)23(20-12-6-3-7-13-20)18-21(25)17-16-19-10-4-2-5-11-19/h2-15,21,23,25H,16-18H2,1H3/t21-,23+/m0/s1. The van der Waals surface area contributed by atoms with E-state index in [9.17, 15) is 5.11 Å². The SMILES string of the molecule is COc1ccccc1[C@H](C[C@@H](O)CCc1ccccc1)c1ccccc1. The number of aliphatic hydroxyl groups excluding tert-OH is 1. The Balaban J connectivity index is 1.78. The van der Waals surface area contributed by atoms with Crippen molar-refractivity contribution in [3.63, 3.8) is 0 Å². The molecule has 2 heteroatoms. The van der Waals surface area contributed by atoms with Crippen molar-refractivity contribution in [2.45, 2.75) is 31.3 Å². The minimum absolute atomic E-state index is 0.109. The molecule has 3 aromatic carbocycles. The van der Waals surface area contributed by atoms with Crippen molar-refractivity contribution in [3.05, 3.63) is 102 Å². The number of para-hydroxylation sites is 1. The smallest absolute Gasteiger partial charge is 0.122 e. The number of hydrogen-bond donors (Lipinski definition) is 1. The summed E-state index contributed by atoms with van der Waals surface area (Å²) in [5, 5.41) is 10.7. The lowest BCUT2D eigenvalue weighted by Gasteiger charge is -2.23. The second-order valence-electron chi connectivity index (χ2n) is 6.62. The Labute approximate surface area is 156 Å². The highest BCUT2D eigenvalue weighted by molar-refractivity contribution is 5.42. The molecule has 0 fully saturated rings. The molecule has 134 valence electrons.